The molecule has 3 rings (SSSR count). The summed E-state index contributed by atoms with van der Waals surface area (Å²) in [5, 5.41) is 15.2. The topological polar surface area (TPSA) is 55.6 Å². The summed E-state index contributed by atoms with van der Waals surface area (Å²) in [4.78, 5) is 0. The van der Waals surface area contributed by atoms with Crippen LogP contribution in [0.4, 0.5) is 5.95 Å². The van der Waals surface area contributed by atoms with Crippen LogP contribution in [0.1, 0.15) is 19.8 Å². The van der Waals surface area contributed by atoms with Crippen molar-refractivity contribution in [2.45, 2.75) is 25.8 Å². The van der Waals surface area contributed by atoms with E-state index in [4.69, 9.17) is 0 Å². The Morgan fingerprint density at radius 3 is 2.76 bits per heavy atom. The van der Waals surface area contributed by atoms with Crippen LogP contribution in [-0.4, -0.2) is 26.2 Å². The predicted octanol–water partition coefficient (Wildman–Crippen LogP) is 1.87. The SMILES string of the molecule is C[C@H](Nc1nnnn1-c1ccccc1)C1CC1. The zero-order valence-electron chi connectivity index (χ0n) is 9.74. The van der Waals surface area contributed by atoms with Gasteiger partial charge in [-0.3, -0.25) is 0 Å². The Labute approximate surface area is 99.8 Å². The Morgan fingerprint density at radius 1 is 1.29 bits per heavy atom. The maximum atomic E-state index is 4.03. The number of nitrogens with zero attached hydrogens (tertiary/aromatic N) is 4. The molecule has 0 saturated heterocycles. The summed E-state index contributed by atoms with van der Waals surface area (Å²) in [7, 11) is 0. The summed E-state index contributed by atoms with van der Waals surface area (Å²) in [6.45, 7) is 2.18. The van der Waals surface area contributed by atoms with E-state index in [1.165, 1.54) is 12.8 Å². The molecule has 1 fully saturated rings. The second-order valence-corrected chi connectivity index (χ2v) is 4.52. The third kappa shape index (κ3) is 2.13. The van der Waals surface area contributed by atoms with Crippen molar-refractivity contribution in [3.05, 3.63) is 30.3 Å². The van der Waals surface area contributed by atoms with Crippen molar-refractivity contribution in [3.63, 3.8) is 0 Å². The van der Waals surface area contributed by atoms with Crippen LogP contribution in [0.25, 0.3) is 5.69 Å². The third-order valence-electron chi connectivity index (χ3n) is 3.16. The van der Waals surface area contributed by atoms with Crippen molar-refractivity contribution < 1.29 is 0 Å². The standard InChI is InChI=1S/C12H15N5/c1-9(10-7-8-10)13-12-14-15-16-17(12)11-5-3-2-4-6-11/h2-6,9-10H,7-8H2,1H3,(H,13,14,16)/t9-/m0/s1. The van der Waals surface area contributed by atoms with Crippen LogP contribution < -0.4 is 5.32 Å². The van der Waals surface area contributed by atoms with Crippen LogP contribution in [0.3, 0.4) is 0 Å². The van der Waals surface area contributed by atoms with E-state index in [0.717, 1.165) is 17.6 Å². The van der Waals surface area contributed by atoms with Crippen molar-refractivity contribution in [1.82, 2.24) is 20.2 Å². The summed E-state index contributed by atoms with van der Waals surface area (Å²) in [6, 6.07) is 10.3. The minimum absolute atomic E-state index is 0.434. The van der Waals surface area contributed by atoms with Gasteiger partial charge in [0.15, 0.2) is 0 Å². The quantitative estimate of drug-likeness (QED) is 0.869. The molecule has 1 aromatic carbocycles. The molecule has 2 aromatic rings. The number of anilines is 1. The molecule has 1 aromatic heterocycles. The Balaban J connectivity index is 1.83. The third-order valence-corrected chi connectivity index (χ3v) is 3.16. The molecule has 17 heavy (non-hydrogen) atoms. The number of nitrogens with one attached hydrogen (secondary N) is 1. The van der Waals surface area contributed by atoms with E-state index >= 15 is 0 Å². The van der Waals surface area contributed by atoms with Gasteiger partial charge in [0, 0.05) is 6.04 Å². The molecular weight excluding hydrogens is 214 g/mol. The number of tetrazole rings is 1. The van der Waals surface area contributed by atoms with Gasteiger partial charge < -0.3 is 5.32 Å². The second kappa shape index (κ2) is 4.16. The van der Waals surface area contributed by atoms with E-state index in [2.05, 4.69) is 27.8 Å². The molecule has 0 bridgehead atoms. The molecule has 5 heteroatoms. The minimum Gasteiger partial charge on any atom is -0.350 e. The van der Waals surface area contributed by atoms with E-state index in [1.54, 1.807) is 4.68 Å². The zero-order valence-corrected chi connectivity index (χ0v) is 9.74. The second-order valence-electron chi connectivity index (χ2n) is 4.52. The van der Waals surface area contributed by atoms with Gasteiger partial charge in [-0.15, -0.1) is 0 Å². The van der Waals surface area contributed by atoms with E-state index in [0.29, 0.717) is 6.04 Å². The first-order chi connectivity index (χ1) is 8.34. The van der Waals surface area contributed by atoms with E-state index in [-0.39, 0.29) is 0 Å². The van der Waals surface area contributed by atoms with E-state index in [9.17, 15) is 0 Å². The molecule has 1 aliphatic rings. The highest BCUT2D eigenvalue weighted by Gasteiger charge is 2.28. The first-order valence-electron chi connectivity index (χ1n) is 5.95. The maximum Gasteiger partial charge on any atom is 0.247 e. The van der Waals surface area contributed by atoms with Gasteiger partial charge in [0.1, 0.15) is 0 Å². The lowest BCUT2D eigenvalue weighted by Gasteiger charge is -2.13. The molecule has 1 heterocycles. The van der Waals surface area contributed by atoms with Crippen molar-refractivity contribution in [2.24, 2.45) is 5.92 Å². The molecule has 5 nitrogen and oxygen atoms in total. The lowest BCUT2D eigenvalue weighted by Crippen LogP contribution is -2.20. The minimum atomic E-state index is 0.434. The number of benzene rings is 1. The van der Waals surface area contributed by atoms with Crippen molar-refractivity contribution in [1.29, 1.82) is 0 Å². The Hall–Kier alpha value is -1.91. The predicted molar refractivity (Wildman–Crippen MR) is 65.0 cm³/mol. The molecular formula is C12H15N5. The number of aromatic nitrogens is 4. The van der Waals surface area contributed by atoms with Crippen LogP contribution in [0.5, 0.6) is 0 Å². The molecule has 0 aliphatic heterocycles. The number of rotatable bonds is 4. The smallest absolute Gasteiger partial charge is 0.247 e. The Kier molecular flexibility index (Phi) is 2.51. The normalized spacial score (nSPS) is 16.8. The summed E-state index contributed by atoms with van der Waals surface area (Å²) in [6.07, 6.45) is 2.61. The van der Waals surface area contributed by atoms with Gasteiger partial charge in [-0.1, -0.05) is 23.3 Å². The van der Waals surface area contributed by atoms with Gasteiger partial charge in [-0.25, -0.2) is 0 Å². The van der Waals surface area contributed by atoms with Crippen molar-refractivity contribution >= 4 is 5.95 Å². The molecule has 1 saturated carbocycles. The molecule has 0 amide bonds. The maximum absolute atomic E-state index is 4.03. The lowest BCUT2D eigenvalue weighted by molar-refractivity contribution is 0.679. The molecule has 0 spiro atoms. The fraction of sp³-hybridized carbons (Fsp3) is 0.417. The zero-order chi connectivity index (χ0) is 11.7. The summed E-state index contributed by atoms with van der Waals surface area (Å²) in [5.74, 6) is 1.49. The average Bonchev–Trinajstić information content (AvgIpc) is 3.12. The first-order valence-corrected chi connectivity index (χ1v) is 5.95. The largest absolute Gasteiger partial charge is 0.350 e. The molecule has 1 N–H and O–H groups in total. The van der Waals surface area contributed by atoms with Crippen molar-refractivity contribution in [3.8, 4) is 5.69 Å². The monoisotopic (exact) mass is 229 g/mol. The summed E-state index contributed by atoms with van der Waals surface area (Å²) >= 11 is 0. The van der Waals surface area contributed by atoms with Crippen LogP contribution in [0.15, 0.2) is 30.3 Å². The highest BCUT2D eigenvalue weighted by Crippen LogP contribution is 2.33. The highest BCUT2D eigenvalue weighted by atomic mass is 15.6. The molecule has 0 unspecified atom stereocenters. The molecule has 1 aliphatic carbocycles. The van der Waals surface area contributed by atoms with Gasteiger partial charge in [0.2, 0.25) is 5.95 Å². The molecule has 88 valence electrons. The summed E-state index contributed by atoms with van der Waals surface area (Å²) in [5.41, 5.74) is 0.975. The first kappa shape index (κ1) is 10.3. The number of para-hydroxylation sites is 1. The fourth-order valence-electron chi connectivity index (χ4n) is 1.94. The number of hydrogen-bond donors (Lipinski definition) is 1. The van der Waals surface area contributed by atoms with Crippen LogP contribution >= 0.6 is 0 Å². The van der Waals surface area contributed by atoms with Gasteiger partial charge in [0.25, 0.3) is 0 Å². The average molecular weight is 229 g/mol. The van der Waals surface area contributed by atoms with Crippen molar-refractivity contribution in [2.75, 3.05) is 5.32 Å². The Morgan fingerprint density at radius 2 is 2.06 bits per heavy atom. The van der Waals surface area contributed by atoms with Crippen LogP contribution in [0.2, 0.25) is 0 Å². The van der Waals surface area contributed by atoms with Gasteiger partial charge >= 0.3 is 0 Å². The fourth-order valence-corrected chi connectivity index (χ4v) is 1.94. The van der Waals surface area contributed by atoms with E-state index < -0.39 is 0 Å². The molecule has 1 atom stereocenters. The van der Waals surface area contributed by atoms with Gasteiger partial charge in [0.05, 0.1) is 5.69 Å². The molecule has 0 radical (unpaired) electrons. The highest BCUT2D eigenvalue weighted by molar-refractivity contribution is 5.39. The Bertz CT molecular complexity index is 489. The summed E-state index contributed by atoms with van der Waals surface area (Å²) < 4.78 is 1.74. The van der Waals surface area contributed by atoms with E-state index in [1.807, 2.05) is 30.3 Å². The van der Waals surface area contributed by atoms with Gasteiger partial charge in [-0.2, -0.15) is 4.68 Å². The number of hydrogen-bond acceptors (Lipinski definition) is 4. The van der Waals surface area contributed by atoms with Crippen LogP contribution in [0, 0.1) is 5.92 Å². The van der Waals surface area contributed by atoms with Gasteiger partial charge in [-0.05, 0) is 48.2 Å². The van der Waals surface area contributed by atoms with Crippen LogP contribution in [-0.2, 0) is 0 Å². The lowest BCUT2D eigenvalue weighted by atomic mass is 10.2.